The summed E-state index contributed by atoms with van der Waals surface area (Å²) in [7, 11) is 0. The van der Waals surface area contributed by atoms with Crippen LogP contribution in [0.25, 0.3) is 22.4 Å². The second-order valence-electron chi connectivity index (χ2n) is 3.92. The van der Waals surface area contributed by atoms with Crippen LogP contribution in [-0.4, -0.2) is 15.1 Å². The summed E-state index contributed by atoms with van der Waals surface area (Å²) >= 11 is 11.8. The van der Waals surface area contributed by atoms with Gasteiger partial charge in [0.1, 0.15) is 11.6 Å². The van der Waals surface area contributed by atoms with E-state index < -0.39 is 0 Å². The largest absolute Gasteiger partial charge is 0.508 e. The van der Waals surface area contributed by atoms with Crippen molar-refractivity contribution >= 4 is 34.2 Å². The van der Waals surface area contributed by atoms with Crippen LogP contribution in [0.1, 0.15) is 0 Å². The Morgan fingerprint density at radius 2 is 1.83 bits per heavy atom. The lowest BCUT2D eigenvalue weighted by molar-refractivity contribution is 0.476. The number of aromatic amines is 1. The molecule has 2 N–H and O–H groups in total. The number of imidazole rings is 1. The van der Waals surface area contributed by atoms with Crippen molar-refractivity contribution in [2.24, 2.45) is 0 Å². The van der Waals surface area contributed by atoms with Crippen LogP contribution in [0.15, 0.2) is 36.4 Å². The Balaban J connectivity index is 2.16. The van der Waals surface area contributed by atoms with E-state index in [9.17, 15) is 5.11 Å². The number of hydrogen-bond acceptors (Lipinski definition) is 2. The van der Waals surface area contributed by atoms with Crippen molar-refractivity contribution in [1.82, 2.24) is 9.97 Å². The van der Waals surface area contributed by atoms with Gasteiger partial charge < -0.3 is 10.1 Å². The Hall–Kier alpha value is -1.71. The molecule has 5 heteroatoms. The second kappa shape index (κ2) is 4.19. The van der Waals surface area contributed by atoms with Gasteiger partial charge in [0.05, 0.1) is 21.1 Å². The SMILES string of the molecule is Oc1ccc2nc(-c3ccc(Cl)c(Cl)c3)[nH]c2c1. The van der Waals surface area contributed by atoms with Gasteiger partial charge in [-0.3, -0.25) is 0 Å². The van der Waals surface area contributed by atoms with Crippen LogP contribution in [0, 0.1) is 0 Å². The first kappa shape index (κ1) is 11.4. The lowest BCUT2D eigenvalue weighted by Gasteiger charge is -1.99. The van der Waals surface area contributed by atoms with Crippen molar-refractivity contribution in [2.45, 2.75) is 0 Å². The standard InChI is InChI=1S/C13H8Cl2N2O/c14-9-3-1-7(5-10(9)15)13-16-11-4-2-8(18)6-12(11)17-13/h1-6,18H,(H,16,17). The molecule has 3 rings (SSSR count). The third kappa shape index (κ3) is 1.92. The number of fused-ring (bicyclic) bond motifs is 1. The van der Waals surface area contributed by atoms with Crippen molar-refractivity contribution in [2.75, 3.05) is 0 Å². The highest BCUT2D eigenvalue weighted by Crippen LogP contribution is 2.28. The number of hydrogen-bond donors (Lipinski definition) is 2. The second-order valence-corrected chi connectivity index (χ2v) is 4.73. The number of phenolic OH excluding ortho intramolecular Hbond substituents is 1. The molecule has 1 aromatic heterocycles. The van der Waals surface area contributed by atoms with Gasteiger partial charge in [-0.05, 0) is 30.3 Å². The molecule has 0 atom stereocenters. The van der Waals surface area contributed by atoms with E-state index >= 15 is 0 Å². The Labute approximate surface area is 113 Å². The topological polar surface area (TPSA) is 48.9 Å². The molecule has 0 unspecified atom stereocenters. The van der Waals surface area contributed by atoms with Crippen LogP contribution in [0.2, 0.25) is 10.0 Å². The summed E-state index contributed by atoms with van der Waals surface area (Å²) in [5, 5.41) is 10.4. The zero-order chi connectivity index (χ0) is 12.7. The van der Waals surface area contributed by atoms with Gasteiger partial charge in [0, 0.05) is 11.6 Å². The van der Waals surface area contributed by atoms with Gasteiger partial charge in [-0.2, -0.15) is 0 Å². The molecule has 0 saturated carbocycles. The van der Waals surface area contributed by atoms with E-state index in [1.807, 2.05) is 6.07 Å². The molecule has 0 amide bonds. The van der Waals surface area contributed by atoms with Gasteiger partial charge in [0.25, 0.3) is 0 Å². The Morgan fingerprint density at radius 1 is 1.00 bits per heavy atom. The van der Waals surface area contributed by atoms with Crippen molar-refractivity contribution in [3.05, 3.63) is 46.4 Å². The van der Waals surface area contributed by atoms with Crippen LogP contribution in [0.3, 0.4) is 0 Å². The summed E-state index contributed by atoms with van der Waals surface area (Å²) in [5.74, 6) is 0.890. The van der Waals surface area contributed by atoms with Gasteiger partial charge in [0.2, 0.25) is 0 Å². The fourth-order valence-electron chi connectivity index (χ4n) is 1.78. The number of phenols is 1. The summed E-state index contributed by atoms with van der Waals surface area (Å²) in [6.45, 7) is 0. The minimum Gasteiger partial charge on any atom is -0.508 e. The lowest BCUT2D eigenvalue weighted by atomic mass is 10.2. The lowest BCUT2D eigenvalue weighted by Crippen LogP contribution is -1.80. The summed E-state index contributed by atoms with van der Waals surface area (Å²) < 4.78 is 0. The van der Waals surface area contributed by atoms with Gasteiger partial charge in [-0.1, -0.05) is 23.2 Å². The number of nitrogens with one attached hydrogen (secondary N) is 1. The molecule has 18 heavy (non-hydrogen) atoms. The zero-order valence-electron chi connectivity index (χ0n) is 9.11. The van der Waals surface area contributed by atoms with Crippen LogP contribution in [-0.2, 0) is 0 Å². The van der Waals surface area contributed by atoms with Gasteiger partial charge >= 0.3 is 0 Å². The molecule has 0 fully saturated rings. The minimum absolute atomic E-state index is 0.201. The zero-order valence-corrected chi connectivity index (χ0v) is 10.6. The molecule has 0 saturated heterocycles. The molecule has 90 valence electrons. The van der Waals surface area contributed by atoms with Gasteiger partial charge in [-0.15, -0.1) is 0 Å². The number of aromatic hydroxyl groups is 1. The van der Waals surface area contributed by atoms with E-state index in [2.05, 4.69) is 9.97 Å². The normalized spacial score (nSPS) is 11.0. The molecule has 0 aliphatic rings. The monoisotopic (exact) mass is 278 g/mol. The number of H-pyrrole nitrogens is 1. The predicted octanol–water partition coefficient (Wildman–Crippen LogP) is 4.24. The van der Waals surface area contributed by atoms with Crippen molar-refractivity contribution in [1.29, 1.82) is 0 Å². The first-order valence-electron chi connectivity index (χ1n) is 5.27. The maximum Gasteiger partial charge on any atom is 0.138 e. The molecule has 0 aliphatic carbocycles. The number of nitrogens with zero attached hydrogens (tertiary/aromatic N) is 1. The van der Waals surface area contributed by atoms with Crippen LogP contribution < -0.4 is 0 Å². The van der Waals surface area contributed by atoms with E-state index in [1.165, 1.54) is 0 Å². The highest BCUT2D eigenvalue weighted by molar-refractivity contribution is 6.42. The van der Waals surface area contributed by atoms with Crippen LogP contribution in [0.5, 0.6) is 5.75 Å². The summed E-state index contributed by atoms with van der Waals surface area (Å²) in [6, 6.07) is 10.3. The number of aromatic nitrogens is 2. The highest BCUT2D eigenvalue weighted by atomic mass is 35.5. The molecule has 0 radical (unpaired) electrons. The Bertz CT molecular complexity index is 737. The molecule has 2 aromatic carbocycles. The van der Waals surface area contributed by atoms with E-state index in [-0.39, 0.29) is 5.75 Å². The van der Waals surface area contributed by atoms with E-state index in [4.69, 9.17) is 23.2 Å². The third-order valence-corrected chi connectivity index (χ3v) is 3.40. The molecule has 0 spiro atoms. The summed E-state index contributed by atoms with van der Waals surface area (Å²) in [5.41, 5.74) is 2.41. The first-order chi connectivity index (χ1) is 8.63. The maximum atomic E-state index is 9.40. The fraction of sp³-hybridized carbons (Fsp3) is 0. The Kier molecular flexibility index (Phi) is 2.65. The van der Waals surface area contributed by atoms with Crippen molar-refractivity contribution in [3.8, 4) is 17.1 Å². The summed E-state index contributed by atoms with van der Waals surface area (Å²) in [6.07, 6.45) is 0. The number of benzene rings is 2. The van der Waals surface area contributed by atoms with Crippen molar-refractivity contribution in [3.63, 3.8) is 0 Å². The third-order valence-electron chi connectivity index (χ3n) is 2.66. The molecule has 1 heterocycles. The molecule has 3 nitrogen and oxygen atoms in total. The molecule has 0 bridgehead atoms. The summed E-state index contributed by atoms with van der Waals surface area (Å²) in [4.78, 5) is 7.55. The average Bonchev–Trinajstić information content (AvgIpc) is 2.75. The number of rotatable bonds is 1. The highest BCUT2D eigenvalue weighted by Gasteiger charge is 2.07. The van der Waals surface area contributed by atoms with Crippen LogP contribution in [0.4, 0.5) is 0 Å². The molecule has 3 aromatic rings. The maximum absolute atomic E-state index is 9.40. The first-order valence-corrected chi connectivity index (χ1v) is 6.03. The number of halogens is 2. The molecular weight excluding hydrogens is 271 g/mol. The minimum atomic E-state index is 0.201. The smallest absolute Gasteiger partial charge is 0.138 e. The Morgan fingerprint density at radius 3 is 2.61 bits per heavy atom. The van der Waals surface area contributed by atoms with E-state index in [0.29, 0.717) is 15.9 Å². The molecule has 0 aliphatic heterocycles. The van der Waals surface area contributed by atoms with Gasteiger partial charge in [0.15, 0.2) is 0 Å². The predicted molar refractivity (Wildman–Crippen MR) is 73.2 cm³/mol. The van der Waals surface area contributed by atoms with Crippen molar-refractivity contribution < 1.29 is 5.11 Å². The fourth-order valence-corrected chi connectivity index (χ4v) is 2.08. The van der Waals surface area contributed by atoms with Gasteiger partial charge in [-0.25, -0.2) is 4.98 Å². The van der Waals surface area contributed by atoms with E-state index in [1.54, 1.807) is 30.3 Å². The van der Waals surface area contributed by atoms with E-state index in [0.717, 1.165) is 16.6 Å². The quantitative estimate of drug-likeness (QED) is 0.699. The average molecular weight is 279 g/mol. The van der Waals surface area contributed by atoms with Crippen LogP contribution >= 0.6 is 23.2 Å². The molecular formula is C13H8Cl2N2O.